The first-order chi connectivity index (χ1) is 11.7. The van der Waals surface area contributed by atoms with E-state index in [0.717, 1.165) is 6.42 Å². The van der Waals surface area contributed by atoms with Gasteiger partial charge in [-0.2, -0.15) is 0 Å². The zero-order chi connectivity index (χ0) is 19.9. The number of likely N-dealkylation sites (tertiary alicyclic amines) is 1. The van der Waals surface area contributed by atoms with Gasteiger partial charge in [-0.25, -0.2) is 4.79 Å². The van der Waals surface area contributed by atoms with Gasteiger partial charge in [0.2, 0.25) is 0 Å². The molecule has 2 fully saturated rings. The van der Waals surface area contributed by atoms with Gasteiger partial charge in [-0.3, -0.25) is 4.79 Å². The number of rotatable bonds is 3. The van der Waals surface area contributed by atoms with Gasteiger partial charge < -0.3 is 14.1 Å². The topological polar surface area (TPSA) is 55.8 Å². The van der Waals surface area contributed by atoms with E-state index >= 15 is 0 Å². The second-order valence-corrected chi connectivity index (χ2v) is 15.3. The number of hydrogen-bond acceptors (Lipinski definition) is 4. The van der Waals surface area contributed by atoms with E-state index in [4.69, 9.17) is 9.16 Å². The van der Waals surface area contributed by atoms with Crippen molar-refractivity contribution in [1.82, 2.24) is 4.90 Å². The lowest BCUT2D eigenvalue weighted by atomic mass is 9.84. The summed E-state index contributed by atoms with van der Waals surface area (Å²) in [5.74, 6) is 0.891. The van der Waals surface area contributed by atoms with E-state index in [1.165, 1.54) is 0 Å². The van der Waals surface area contributed by atoms with Gasteiger partial charge in [-0.05, 0) is 57.2 Å². The number of piperidine rings is 1. The molecule has 3 atom stereocenters. The number of carbonyl (C=O) groups is 2. The van der Waals surface area contributed by atoms with Crippen molar-refractivity contribution in [3.05, 3.63) is 0 Å². The van der Waals surface area contributed by atoms with Crippen LogP contribution in [0, 0.1) is 17.8 Å². The standard InChI is InChI=1S/C20H37NO4Si/c1-19(2,3)25-18(23)21-10-9-15-14(12-21)11-17(22)16(15)13-24-26(7,8)20(4,5)6/h14-16H,9-13H2,1-8H3/t14-,15+,16-/m0/s1. The summed E-state index contributed by atoms with van der Waals surface area (Å²) < 4.78 is 11.8. The smallest absolute Gasteiger partial charge is 0.410 e. The van der Waals surface area contributed by atoms with Crippen LogP contribution < -0.4 is 0 Å². The molecule has 6 heteroatoms. The fraction of sp³-hybridized carbons (Fsp3) is 0.900. The summed E-state index contributed by atoms with van der Waals surface area (Å²) in [7, 11) is -1.85. The molecule has 1 aliphatic carbocycles. The van der Waals surface area contributed by atoms with Crippen molar-refractivity contribution in [3.63, 3.8) is 0 Å². The van der Waals surface area contributed by atoms with Gasteiger partial charge in [-0.15, -0.1) is 0 Å². The van der Waals surface area contributed by atoms with Crippen molar-refractivity contribution in [2.24, 2.45) is 17.8 Å². The number of fused-ring (bicyclic) bond motifs is 1. The summed E-state index contributed by atoms with van der Waals surface area (Å²) >= 11 is 0. The lowest BCUT2D eigenvalue weighted by Crippen LogP contribution is -2.46. The normalized spacial score (nSPS) is 27.5. The molecule has 1 saturated heterocycles. The fourth-order valence-corrected chi connectivity index (χ4v) is 4.70. The molecule has 0 aromatic rings. The fourth-order valence-electron chi connectivity index (χ4n) is 3.67. The van der Waals surface area contributed by atoms with Crippen molar-refractivity contribution >= 4 is 20.2 Å². The number of ketones is 1. The average molecular weight is 384 g/mol. The molecule has 2 rings (SSSR count). The van der Waals surface area contributed by atoms with E-state index in [1.54, 1.807) is 4.90 Å². The summed E-state index contributed by atoms with van der Waals surface area (Å²) in [4.78, 5) is 26.7. The molecule has 5 nitrogen and oxygen atoms in total. The van der Waals surface area contributed by atoms with Crippen LogP contribution in [-0.2, 0) is 14.0 Å². The SMILES string of the molecule is CC(C)(C)OC(=O)N1CC[C@@H]2[C@@H](CC(=O)[C@H]2CO[Si](C)(C)C(C)(C)C)C1. The molecule has 150 valence electrons. The van der Waals surface area contributed by atoms with E-state index in [0.29, 0.717) is 37.8 Å². The quantitative estimate of drug-likeness (QED) is 0.675. The van der Waals surface area contributed by atoms with Crippen LogP contribution in [0.4, 0.5) is 4.79 Å². The van der Waals surface area contributed by atoms with Crippen LogP contribution in [0.3, 0.4) is 0 Å². The number of Topliss-reactive ketones (excluding diaryl/α,β-unsaturated/α-hetero) is 1. The van der Waals surface area contributed by atoms with Gasteiger partial charge in [0.1, 0.15) is 11.4 Å². The summed E-state index contributed by atoms with van der Waals surface area (Å²) in [6.45, 7) is 18.6. The summed E-state index contributed by atoms with van der Waals surface area (Å²) in [5.41, 5.74) is -0.487. The monoisotopic (exact) mass is 383 g/mol. The third-order valence-electron chi connectivity index (χ3n) is 6.27. The van der Waals surface area contributed by atoms with Crippen molar-refractivity contribution < 1.29 is 18.8 Å². The van der Waals surface area contributed by atoms with Crippen LogP contribution >= 0.6 is 0 Å². The Morgan fingerprint density at radius 1 is 1.19 bits per heavy atom. The van der Waals surface area contributed by atoms with Gasteiger partial charge in [0, 0.05) is 32.0 Å². The molecule has 1 aliphatic heterocycles. The van der Waals surface area contributed by atoms with Crippen LogP contribution in [0.5, 0.6) is 0 Å². The van der Waals surface area contributed by atoms with Crippen LogP contribution in [-0.4, -0.2) is 50.4 Å². The van der Waals surface area contributed by atoms with Gasteiger partial charge in [0.25, 0.3) is 0 Å². The minimum atomic E-state index is -1.85. The Morgan fingerprint density at radius 3 is 2.35 bits per heavy atom. The molecule has 0 N–H and O–H groups in total. The molecule has 1 saturated carbocycles. The second kappa shape index (κ2) is 7.27. The molecule has 0 unspecified atom stereocenters. The zero-order valence-corrected chi connectivity index (χ0v) is 18.8. The molecule has 0 radical (unpaired) electrons. The maximum Gasteiger partial charge on any atom is 0.410 e. The largest absolute Gasteiger partial charge is 0.444 e. The highest BCUT2D eigenvalue weighted by Crippen LogP contribution is 2.42. The van der Waals surface area contributed by atoms with Gasteiger partial charge in [-0.1, -0.05) is 20.8 Å². The van der Waals surface area contributed by atoms with E-state index < -0.39 is 13.9 Å². The third kappa shape index (κ3) is 4.88. The Morgan fingerprint density at radius 2 is 1.81 bits per heavy atom. The molecule has 0 aromatic heterocycles. The van der Waals surface area contributed by atoms with Crippen LogP contribution in [0.2, 0.25) is 18.1 Å². The minimum absolute atomic E-state index is 0.00471. The van der Waals surface area contributed by atoms with E-state index in [-0.39, 0.29) is 23.0 Å². The highest BCUT2D eigenvalue weighted by molar-refractivity contribution is 6.74. The second-order valence-electron chi connectivity index (χ2n) is 10.5. The van der Waals surface area contributed by atoms with Crippen molar-refractivity contribution in [1.29, 1.82) is 0 Å². The molecule has 1 amide bonds. The Balaban J connectivity index is 1.96. The van der Waals surface area contributed by atoms with E-state index in [2.05, 4.69) is 33.9 Å². The number of nitrogens with zero attached hydrogens (tertiary/aromatic N) is 1. The molecule has 1 heterocycles. The van der Waals surface area contributed by atoms with Gasteiger partial charge in [0.15, 0.2) is 8.32 Å². The molecule has 2 aliphatic rings. The van der Waals surface area contributed by atoms with Gasteiger partial charge in [0.05, 0.1) is 0 Å². The summed E-state index contributed by atoms with van der Waals surface area (Å²) in [5, 5.41) is 0.147. The zero-order valence-electron chi connectivity index (χ0n) is 17.8. The molecular weight excluding hydrogens is 346 g/mol. The lowest BCUT2D eigenvalue weighted by molar-refractivity contribution is -0.122. The van der Waals surface area contributed by atoms with Crippen molar-refractivity contribution in [2.75, 3.05) is 19.7 Å². The Labute approximate surface area is 159 Å². The van der Waals surface area contributed by atoms with Crippen LogP contribution in [0.15, 0.2) is 0 Å². The number of ether oxygens (including phenoxy) is 1. The number of hydrogen-bond donors (Lipinski definition) is 0. The van der Waals surface area contributed by atoms with Gasteiger partial charge >= 0.3 is 6.09 Å². The number of amides is 1. The maximum absolute atomic E-state index is 12.6. The summed E-state index contributed by atoms with van der Waals surface area (Å²) in [6, 6.07) is 0. The molecule has 0 aromatic carbocycles. The van der Waals surface area contributed by atoms with Crippen molar-refractivity contribution in [3.8, 4) is 0 Å². The van der Waals surface area contributed by atoms with Crippen molar-refractivity contribution in [2.45, 2.75) is 78.1 Å². The van der Waals surface area contributed by atoms with Crippen LogP contribution in [0.25, 0.3) is 0 Å². The predicted molar refractivity (Wildman–Crippen MR) is 106 cm³/mol. The lowest BCUT2D eigenvalue weighted by Gasteiger charge is -2.39. The van der Waals surface area contributed by atoms with E-state index in [9.17, 15) is 9.59 Å². The molecule has 0 bridgehead atoms. The summed E-state index contributed by atoms with van der Waals surface area (Å²) in [6.07, 6.45) is 1.17. The Hall–Kier alpha value is -0.883. The Bertz CT molecular complexity index is 547. The van der Waals surface area contributed by atoms with E-state index in [1.807, 2.05) is 20.8 Å². The average Bonchev–Trinajstić information content (AvgIpc) is 2.76. The molecule has 0 spiro atoms. The molecular formula is C20H37NO4Si. The predicted octanol–water partition coefficient (Wildman–Crippen LogP) is 4.47. The number of carbonyl (C=O) groups excluding carboxylic acids is 2. The van der Waals surface area contributed by atoms with Crippen LogP contribution in [0.1, 0.15) is 54.4 Å². The Kier molecular flexibility index (Phi) is 5.98. The first-order valence-corrected chi connectivity index (χ1v) is 12.8. The maximum atomic E-state index is 12.6. The molecule has 26 heavy (non-hydrogen) atoms. The minimum Gasteiger partial charge on any atom is -0.444 e. The highest BCUT2D eigenvalue weighted by Gasteiger charge is 2.47. The first kappa shape index (κ1) is 21.4. The highest BCUT2D eigenvalue weighted by atomic mass is 28.4. The first-order valence-electron chi connectivity index (χ1n) is 9.86. The third-order valence-corrected chi connectivity index (χ3v) is 10.8.